The number of morpholine rings is 1. The Morgan fingerprint density at radius 3 is 2.62 bits per heavy atom. The first-order valence-electron chi connectivity index (χ1n) is 8.21. The van der Waals surface area contributed by atoms with Gasteiger partial charge in [0.1, 0.15) is 22.6 Å². The van der Waals surface area contributed by atoms with E-state index in [1.165, 1.54) is 13.2 Å². The van der Waals surface area contributed by atoms with Gasteiger partial charge in [-0.25, -0.2) is 12.9 Å². The maximum atomic E-state index is 14.3. The number of rotatable bonds is 4. The monoisotopic (exact) mass is 379 g/mol. The fourth-order valence-corrected chi connectivity index (χ4v) is 4.03. The van der Waals surface area contributed by atoms with Crippen molar-refractivity contribution in [2.75, 3.05) is 33.4 Å². The van der Waals surface area contributed by atoms with E-state index >= 15 is 0 Å². The Kier molecular flexibility index (Phi) is 4.80. The highest BCUT2D eigenvalue weighted by Crippen LogP contribution is 2.42. The van der Waals surface area contributed by atoms with E-state index < -0.39 is 23.1 Å². The summed E-state index contributed by atoms with van der Waals surface area (Å²) in [7, 11) is 0.176. The summed E-state index contributed by atoms with van der Waals surface area (Å²) < 4.78 is 50.5. The van der Waals surface area contributed by atoms with Crippen LogP contribution < -0.4 is 14.2 Å². The summed E-state index contributed by atoms with van der Waals surface area (Å²) in [6.07, 6.45) is -0.886. The normalized spacial score (nSPS) is 20.8. The third-order valence-electron chi connectivity index (χ3n) is 4.25. The number of nitrogens with zero attached hydrogens (tertiary/aromatic N) is 1. The molecule has 2 aliphatic heterocycles. The number of hydrogen-bond acceptors (Lipinski definition) is 5. The largest absolute Gasteiger partial charge is 0.497 e. The van der Waals surface area contributed by atoms with Gasteiger partial charge in [0.05, 0.1) is 30.8 Å². The van der Waals surface area contributed by atoms with Gasteiger partial charge in [-0.2, -0.15) is 0 Å². The smallest absolute Gasteiger partial charge is 0.270 e. The van der Waals surface area contributed by atoms with E-state index in [0.717, 1.165) is 0 Å². The van der Waals surface area contributed by atoms with Crippen LogP contribution in [-0.4, -0.2) is 41.9 Å². The lowest BCUT2D eigenvalue weighted by atomic mass is 10.2. The molecule has 0 saturated carbocycles. The molecule has 2 heterocycles. The molecule has 138 valence electrons. The summed E-state index contributed by atoms with van der Waals surface area (Å²) >= 11 is 0. The summed E-state index contributed by atoms with van der Waals surface area (Å²) in [6.45, 7) is 2.35. The van der Waals surface area contributed by atoms with E-state index in [2.05, 4.69) is 0 Å². The van der Waals surface area contributed by atoms with Crippen molar-refractivity contribution in [3.8, 4) is 17.2 Å². The lowest BCUT2D eigenvalue weighted by molar-refractivity contribution is 0.0453. The van der Waals surface area contributed by atoms with Crippen LogP contribution >= 0.6 is 0 Å². The number of fused-ring (bicyclic) bond motifs is 1. The fraction of sp³-hybridized carbons (Fsp3) is 0.333. The molecule has 8 heteroatoms. The van der Waals surface area contributed by atoms with Gasteiger partial charge in [0, 0.05) is 25.2 Å². The maximum absolute atomic E-state index is 14.3. The van der Waals surface area contributed by atoms with Crippen molar-refractivity contribution in [1.82, 2.24) is 4.31 Å². The molecule has 2 aromatic rings. The van der Waals surface area contributed by atoms with Gasteiger partial charge in [-0.3, -0.25) is 0 Å². The van der Waals surface area contributed by atoms with Crippen LogP contribution in [0.5, 0.6) is 17.2 Å². The van der Waals surface area contributed by atoms with Crippen molar-refractivity contribution < 1.29 is 27.5 Å². The zero-order valence-electron chi connectivity index (χ0n) is 14.1. The Morgan fingerprint density at radius 2 is 1.88 bits per heavy atom. The third-order valence-corrected chi connectivity index (χ3v) is 5.74. The molecular formula is C18H18FNO5S. The Hall–Kier alpha value is -2.16. The van der Waals surface area contributed by atoms with E-state index in [1.54, 1.807) is 30.3 Å². The van der Waals surface area contributed by atoms with E-state index in [1.807, 2.05) is 4.31 Å². The minimum atomic E-state index is -1.30. The Morgan fingerprint density at radius 1 is 1.12 bits per heavy atom. The summed E-state index contributed by atoms with van der Waals surface area (Å²) in [6, 6.07) is 9.61. The molecule has 0 amide bonds. The lowest BCUT2D eigenvalue weighted by Crippen LogP contribution is -2.37. The summed E-state index contributed by atoms with van der Waals surface area (Å²) in [5.41, 5.74) is 0.276. The van der Waals surface area contributed by atoms with Crippen molar-refractivity contribution in [1.29, 1.82) is 0 Å². The SMILES string of the molecule is COc1ccc(C2Oc3ccc(S(=O)N4CCOCC4)cc3O2)c(F)c1. The number of ether oxygens (including phenoxy) is 4. The van der Waals surface area contributed by atoms with Crippen LogP contribution in [0.2, 0.25) is 0 Å². The van der Waals surface area contributed by atoms with Crippen LogP contribution in [0.3, 0.4) is 0 Å². The molecule has 0 aromatic heterocycles. The van der Waals surface area contributed by atoms with Crippen molar-refractivity contribution in [3.63, 3.8) is 0 Å². The molecule has 1 fully saturated rings. The maximum Gasteiger partial charge on any atom is 0.270 e. The van der Waals surface area contributed by atoms with Crippen molar-refractivity contribution in [2.24, 2.45) is 0 Å². The van der Waals surface area contributed by atoms with Gasteiger partial charge < -0.3 is 18.9 Å². The molecule has 0 bridgehead atoms. The molecule has 0 aliphatic carbocycles. The van der Waals surface area contributed by atoms with Gasteiger partial charge in [-0.15, -0.1) is 0 Å². The second kappa shape index (κ2) is 7.22. The van der Waals surface area contributed by atoms with Gasteiger partial charge in [0.2, 0.25) is 0 Å². The highest BCUT2D eigenvalue weighted by atomic mass is 32.2. The minimum absolute atomic E-state index is 0.276. The van der Waals surface area contributed by atoms with Crippen molar-refractivity contribution in [2.45, 2.75) is 11.2 Å². The predicted molar refractivity (Wildman–Crippen MR) is 92.2 cm³/mol. The lowest BCUT2D eigenvalue weighted by Gasteiger charge is -2.25. The van der Waals surface area contributed by atoms with E-state index in [4.69, 9.17) is 18.9 Å². The van der Waals surface area contributed by atoms with E-state index in [0.29, 0.717) is 48.4 Å². The molecule has 1 saturated heterocycles. The molecule has 6 nitrogen and oxygen atoms in total. The van der Waals surface area contributed by atoms with Crippen LogP contribution in [0.25, 0.3) is 0 Å². The van der Waals surface area contributed by atoms with Gasteiger partial charge in [0.15, 0.2) is 11.5 Å². The van der Waals surface area contributed by atoms with Gasteiger partial charge in [0.25, 0.3) is 6.29 Å². The molecule has 0 spiro atoms. The summed E-state index contributed by atoms with van der Waals surface area (Å²) in [5, 5.41) is 0. The first kappa shape index (κ1) is 17.3. The van der Waals surface area contributed by atoms with Crippen LogP contribution in [0, 0.1) is 5.82 Å². The van der Waals surface area contributed by atoms with E-state index in [-0.39, 0.29) is 5.56 Å². The van der Waals surface area contributed by atoms with Gasteiger partial charge in [-0.1, -0.05) is 0 Å². The van der Waals surface area contributed by atoms with Gasteiger partial charge in [-0.05, 0) is 24.3 Å². The van der Waals surface area contributed by atoms with Crippen LogP contribution in [-0.2, 0) is 15.7 Å². The fourth-order valence-electron chi connectivity index (χ4n) is 2.86. The molecule has 0 radical (unpaired) electrons. The first-order valence-corrected chi connectivity index (χ1v) is 9.32. The Balaban J connectivity index is 1.53. The number of methoxy groups -OCH3 is 1. The second-order valence-corrected chi connectivity index (χ2v) is 7.34. The van der Waals surface area contributed by atoms with Crippen LogP contribution in [0.15, 0.2) is 41.3 Å². The molecule has 0 N–H and O–H groups in total. The molecule has 4 rings (SSSR count). The highest BCUT2D eigenvalue weighted by Gasteiger charge is 2.30. The number of hydrogen-bond donors (Lipinski definition) is 0. The number of halogens is 1. The zero-order chi connectivity index (χ0) is 18.1. The summed E-state index contributed by atoms with van der Waals surface area (Å²) in [5.74, 6) is 0.890. The Labute approximate surface area is 153 Å². The predicted octanol–water partition coefficient (Wildman–Crippen LogP) is 2.66. The van der Waals surface area contributed by atoms with Crippen molar-refractivity contribution in [3.05, 3.63) is 47.8 Å². The van der Waals surface area contributed by atoms with Crippen LogP contribution in [0.4, 0.5) is 4.39 Å². The third kappa shape index (κ3) is 3.27. The molecule has 2 unspecified atom stereocenters. The van der Waals surface area contributed by atoms with Gasteiger partial charge >= 0.3 is 0 Å². The molecule has 2 aliphatic rings. The Bertz CT molecular complexity index is 840. The summed E-state index contributed by atoms with van der Waals surface area (Å²) in [4.78, 5) is 0.616. The minimum Gasteiger partial charge on any atom is -0.497 e. The molecule has 26 heavy (non-hydrogen) atoms. The molecule has 2 aromatic carbocycles. The number of benzene rings is 2. The van der Waals surface area contributed by atoms with Crippen LogP contribution in [0.1, 0.15) is 11.9 Å². The molecular weight excluding hydrogens is 361 g/mol. The van der Waals surface area contributed by atoms with E-state index in [9.17, 15) is 8.60 Å². The van der Waals surface area contributed by atoms with Crippen molar-refractivity contribution >= 4 is 11.0 Å². The molecule has 2 atom stereocenters. The first-order chi connectivity index (χ1) is 12.7. The standard InChI is InChI=1S/C18H18FNO5S/c1-22-12-2-4-14(15(19)10-12)18-24-16-5-3-13(11-17(16)25-18)26(21)20-6-8-23-9-7-20/h2-5,10-11,18H,6-9H2,1H3. The second-order valence-electron chi connectivity index (χ2n) is 5.85. The quantitative estimate of drug-likeness (QED) is 0.818. The average molecular weight is 379 g/mol. The topological polar surface area (TPSA) is 57.2 Å². The highest BCUT2D eigenvalue weighted by molar-refractivity contribution is 7.82. The average Bonchev–Trinajstić information content (AvgIpc) is 3.10. The zero-order valence-corrected chi connectivity index (χ0v) is 15.0.